The molecule has 0 bridgehead atoms. The predicted octanol–water partition coefficient (Wildman–Crippen LogP) is 2.77. The minimum absolute atomic E-state index is 0.0957. The lowest BCUT2D eigenvalue weighted by atomic mass is 10.3. The molecule has 2 rings (SSSR count). The van der Waals surface area contributed by atoms with Crippen LogP contribution in [0.4, 0.5) is 4.39 Å². The first-order valence-corrected chi connectivity index (χ1v) is 5.50. The maximum atomic E-state index is 13.2. The van der Waals surface area contributed by atoms with E-state index in [9.17, 15) is 9.50 Å². The molecule has 1 aromatic heterocycles. The molecule has 0 aliphatic carbocycles. The van der Waals surface area contributed by atoms with Crippen LogP contribution < -0.4 is 0 Å². The number of hydrogen-bond acceptors (Lipinski definition) is 3. The smallest absolute Gasteiger partial charge is 0.160 e. The molecule has 2 aromatic rings. The van der Waals surface area contributed by atoms with E-state index in [1.807, 2.05) is 0 Å². The van der Waals surface area contributed by atoms with Gasteiger partial charge in [0.1, 0.15) is 5.69 Å². The molecule has 0 saturated carbocycles. The first-order valence-electron chi connectivity index (χ1n) is 4.74. The van der Waals surface area contributed by atoms with Gasteiger partial charge < -0.3 is 5.11 Å². The number of rotatable bonds is 2. The van der Waals surface area contributed by atoms with Crippen LogP contribution in [-0.4, -0.2) is 20.1 Å². The molecule has 0 spiro atoms. The van der Waals surface area contributed by atoms with Crippen LogP contribution in [0.3, 0.4) is 0 Å². The van der Waals surface area contributed by atoms with Gasteiger partial charge in [-0.1, -0.05) is 28.4 Å². The Morgan fingerprint density at radius 3 is 2.41 bits per heavy atom. The van der Waals surface area contributed by atoms with Crippen LogP contribution >= 0.6 is 23.2 Å². The lowest BCUT2D eigenvalue weighted by Crippen LogP contribution is -1.96. The molecule has 90 valence electrons. The van der Waals surface area contributed by atoms with Crippen molar-refractivity contribution in [2.24, 2.45) is 0 Å². The number of benzene rings is 1. The normalized spacial score (nSPS) is 12.8. The fourth-order valence-corrected chi connectivity index (χ4v) is 1.74. The Labute approximate surface area is 107 Å². The lowest BCUT2D eigenvalue weighted by molar-refractivity contribution is 0.194. The van der Waals surface area contributed by atoms with Crippen molar-refractivity contribution in [1.82, 2.24) is 15.0 Å². The zero-order chi connectivity index (χ0) is 12.6. The molecule has 0 radical (unpaired) electrons. The Kier molecular flexibility index (Phi) is 3.33. The molecule has 1 atom stereocenters. The maximum absolute atomic E-state index is 13.2. The van der Waals surface area contributed by atoms with E-state index in [1.165, 1.54) is 23.0 Å². The number of aliphatic hydroxyl groups is 1. The summed E-state index contributed by atoms with van der Waals surface area (Å²) in [5.41, 5.74) is 0.877. The second kappa shape index (κ2) is 4.60. The maximum Gasteiger partial charge on any atom is 0.160 e. The Morgan fingerprint density at radius 1 is 1.35 bits per heavy atom. The van der Waals surface area contributed by atoms with Crippen LogP contribution in [0.2, 0.25) is 10.0 Å². The van der Waals surface area contributed by atoms with Crippen LogP contribution in [0, 0.1) is 5.82 Å². The van der Waals surface area contributed by atoms with E-state index >= 15 is 0 Å². The zero-order valence-corrected chi connectivity index (χ0v) is 10.2. The van der Waals surface area contributed by atoms with Crippen molar-refractivity contribution < 1.29 is 9.50 Å². The van der Waals surface area contributed by atoms with Gasteiger partial charge in [0, 0.05) is 0 Å². The Morgan fingerprint density at radius 2 is 1.94 bits per heavy atom. The van der Waals surface area contributed by atoms with Gasteiger partial charge in [-0.15, -0.1) is 5.10 Å². The van der Waals surface area contributed by atoms with Crippen molar-refractivity contribution in [3.05, 3.63) is 39.9 Å². The van der Waals surface area contributed by atoms with Crippen LogP contribution in [-0.2, 0) is 0 Å². The van der Waals surface area contributed by atoms with E-state index in [4.69, 9.17) is 23.2 Å². The predicted molar refractivity (Wildman–Crippen MR) is 62.0 cm³/mol. The molecule has 4 nitrogen and oxygen atoms in total. The summed E-state index contributed by atoms with van der Waals surface area (Å²) in [7, 11) is 0. The summed E-state index contributed by atoms with van der Waals surface area (Å²) in [5, 5.41) is 16.7. The van der Waals surface area contributed by atoms with E-state index in [-0.39, 0.29) is 10.0 Å². The second-order valence-corrected chi connectivity index (χ2v) is 4.30. The van der Waals surface area contributed by atoms with E-state index in [1.54, 1.807) is 6.92 Å². The standard InChI is InChI=1S/C10H8Cl2FN3O/c1-5(17)9-4-16(15-14-9)6-2-7(11)10(13)8(12)3-6/h2-5,17H,1H3. The molecule has 0 amide bonds. The first-order chi connectivity index (χ1) is 7.99. The minimum Gasteiger partial charge on any atom is -0.387 e. The van der Waals surface area contributed by atoms with Crippen molar-refractivity contribution in [3.8, 4) is 5.69 Å². The van der Waals surface area contributed by atoms with Gasteiger partial charge in [0.15, 0.2) is 5.82 Å². The summed E-state index contributed by atoms with van der Waals surface area (Å²) in [4.78, 5) is 0. The summed E-state index contributed by atoms with van der Waals surface area (Å²) in [5.74, 6) is -0.673. The third-order valence-electron chi connectivity index (χ3n) is 2.17. The molecule has 7 heteroatoms. The van der Waals surface area contributed by atoms with Gasteiger partial charge in [-0.05, 0) is 19.1 Å². The Bertz CT molecular complexity index is 533. The van der Waals surface area contributed by atoms with Crippen molar-refractivity contribution in [2.75, 3.05) is 0 Å². The largest absolute Gasteiger partial charge is 0.387 e. The average Bonchev–Trinajstić information content (AvgIpc) is 2.74. The highest BCUT2D eigenvalue weighted by Gasteiger charge is 2.11. The Hall–Kier alpha value is -1.17. The molecule has 1 N–H and O–H groups in total. The minimum atomic E-state index is -0.727. The molecule has 0 aliphatic heterocycles. The Balaban J connectivity index is 2.46. The van der Waals surface area contributed by atoms with E-state index in [0.29, 0.717) is 11.4 Å². The molecule has 0 fully saturated rings. The van der Waals surface area contributed by atoms with Gasteiger partial charge in [-0.3, -0.25) is 0 Å². The van der Waals surface area contributed by atoms with Gasteiger partial charge in [-0.2, -0.15) is 0 Å². The number of nitrogens with zero attached hydrogens (tertiary/aromatic N) is 3. The SMILES string of the molecule is CC(O)c1cn(-c2cc(Cl)c(F)c(Cl)c2)nn1. The third-order valence-corrected chi connectivity index (χ3v) is 2.72. The van der Waals surface area contributed by atoms with Crippen LogP contribution in [0.15, 0.2) is 18.3 Å². The summed E-state index contributed by atoms with van der Waals surface area (Å²) < 4.78 is 14.6. The van der Waals surface area contributed by atoms with Crippen molar-refractivity contribution >= 4 is 23.2 Å². The van der Waals surface area contributed by atoms with Crippen molar-refractivity contribution in [1.29, 1.82) is 0 Å². The van der Waals surface area contributed by atoms with Gasteiger partial charge in [0.05, 0.1) is 28.0 Å². The highest BCUT2D eigenvalue weighted by atomic mass is 35.5. The van der Waals surface area contributed by atoms with E-state index in [0.717, 1.165) is 0 Å². The number of halogens is 3. The van der Waals surface area contributed by atoms with Gasteiger partial charge in [0.2, 0.25) is 0 Å². The van der Waals surface area contributed by atoms with Crippen LogP contribution in [0.1, 0.15) is 18.7 Å². The fraction of sp³-hybridized carbons (Fsp3) is 0.200. The average molecular weight is 276 g/mol. The summed E-state index contributed by atoms with van der Waals surface area (Å²) in [6.45, 7) is 1.57. The first kappa shape index (κ1) is 12.3. The molecule has 1 heterocycles. The monoisotopic (exact) mass is 275 g/mol. The summed E-state index contributed by atoms with van der Waals surface area (Å²) in [6.07, 6.45) is 0.792. The van der Waals surface area contributed by atoms with Gasteiger partial charge >= 0.3 is 0 Å². The van der Waals surface area contributed by atoms with E-state index in [2.05, 4.69) is 10.3 Å². The van der Waals surface area contributed by atoms with E-state index < -0.39 is 11.9 Å². The second-order valence-electron chi connectivity index (χ2n) is 3.49. The molecule has 17 heavy (non-hydrogen) atoms. The molecular formula is C10H8Cl2FN3O. The fourth-order valence-electron chi connectivity index (χ4n) is 1.27. The molecular weight excluding hydrogens is 268 g/mol. The quantitative estimate of drug-likeness (QED) is 0.858. The highest BCUT2D eigenvalue weighted by molar-refractivity contribution is 6.35. The van der Waals surface area contributed by atoms with Gasteiger partial charge in [0.25, 0.3) is 0 Å². The molecule has 1 aromatic carbocycles. The topological polar surface area (TPSA) is 50.9 Å². The number of aliphatic hydroxyl groups excluding tert-OH is 1. The van der Waals surface area contributed by atoms with Crippen LogP contribution in [0.5, 0.6) is 0 Å². The molecule has 1 unspecified atom stereocenters. The summed E-state index contributed by atoms with van der Waals surface area (Å²) in [6, 6.07) is 2.76. The zero-order valence-electron chi connectivity index (χ0n) is 8.73. The molecule has 0 aliphatic rings. The molecule has 0 saturated heterocycles. The third kappa shape index (κ3) is 2.41. The van der Waals surface area contributed by atoms with Crippen molar-refractivity contribution in [3.63, 3.8) is 0 Å². The highest BCUT2D eigenvalue weighted by Crippen LogP contribution is 2.26. The number of aromatic nitrogens is 3. The number of hydrogen-bond donors (Lipinski definition) is 1. The lowest BCUT2D eigenvalue weighted by Gasteiger charge is -2.03. The van der Waals surface area contributed by atoms with Crippen LogP contribution in [0.25, 0.3) is 5.69 Å². The van der Waals surface area contributed by atoms with Gasteiger partial charge in [-0.25, -0.2) is 9.07 Å². The summed E-state index contributed by atoms with van der Waals surface area (Å²) >= 11 is 11.3. The van der Waals surface area contributed by atoms with Crippen molar-refractivity contribution in [2.45, 2.75) is 13.0 Å².